The van der Waals surface area contributed by atoms with Crippen LogP contribution in [0.3, 0.4) is 0 Å². The van der Waals surface area contributed by atoms with E-state index in [0.29, 0.717) is 10.0 Å². The first-order chi connectivity index (χ1) is 9.43. The van der Waals surface area contributed by atoms with Crippen LogP contribution in [0.1, 0.15) is 22.7 Å². The van der Waals surface area contributed by atoms with Gasteiger partial charge in [-0.1, -0.05) is 46.3 Å². The van der Waals surface area contributed by atoms with Crippen molar-refractivity contribution in [2.75, 3.05) is 0 Å². The maximum Gasteiger partial charge on any atom is 0.416 e. The van der Waals surface area contributed by atoms with Gasteiger partial charge in [0, 0.05) is 4.47 Å². The molecule has 0 heterocycles. The second kappa shape index (κ2) is 5.95. The van der Waals surface area contributed by atoms with Crippen LogP contribution in [0.25, 0.3) is 0 Å². The van der Waals surface area contributed by atoms with Gasteiger partial charge in [-0.2, -0.15) is 13.2 Å². The molecule has 2 nitrogen and oxygen atoms in total. The Morgan fingerprint density at radius 3 is 2.25 bits per heavy atom. The molecule has 106 valence electrons. The lowest BCUT2D eigenvalue weighted by Crippen LogP contribution is -2.29. The molecule has 0 spiro atoms. The Labute approximate surface area is 122 Å². The zero-order chi connectivity index (χ0) is 14.8. The highest BCUT2D eigenvalue weighted by Gasteiger charge is 2.31. The van der Waals surface area contributed by atoms with Crippen molar-refractivity contribution in [1.29, 1.82) is 0 Å². The minimum Gasteiger partial charge on any atom is -0.271 e. The van der Waals surface area contributed by atoms with Gasteiger partial charge < -0.3 is 0 Å². The summed E-state index contributed by atoms with van der Waals surface area (Å²) >= 11 is 3.27. The monoisotopic (exact) mass is 344 g/mol. The molecule has 0 saturated carbocycles. The molecule has 0 aliphatic carbocycles. The van der Waals surface area contributed by atoms with Crippen molar-refractivity contribution in [2.45, 2.75) is 12.2 Å². The molecule has 0 bridgehead atoms. The second-order valence-corrected chi connectivity index (χ2v) is 5.10. The molecule has 0 saturated heterocycles. The molecule has 0 aliphatic rings. The van der Waals surface area contributed by atoms with Gasteiger partial charge in [-0.3, -0.25) is 5.84 Å². The Kier molecular flexibility index (Phi) is 4.47. The number of alkyl halides is 3. The van der Waals surface area contributed by atoms with Crippen molar-refractivity contribution >= 4 is 15.9 Å². The average molecular weight is 345 g/mol. The predicted octanol–water partition coefficient (Wildman–Crippen LogP) is 4.02. The van der Waals surface area contributed by atoms with Crippen molar-refractivity contribution < 1.29 is 13.2 Å². The van der Waals surface area contributed by atoms with Gasteiger partial charge in [0.1, 0.15) is 0 Å². The minimum absolute atomic E-state index is 0.438. The van der Waals surface area contributed by atoms with Crippen molar-refractivity contribution in [3.8, 4) is 0 Å². The number of halogens is 4. The molecule has 0 radical (unpaired) electrons. The number of hydrogen-bond acceptors (Lipinski definition) is 2. The molecule has 20 heavy (non-hydrogen) atoms. The van der Waals surface area contributed by atoms with E-state index in [4.69, 9.17) is 5.84 Å². The van der Waals surface area contributed by atoms with E-state index in [1.54, 1.807) is 24.3 Å². The Morgan fingerprint density at radius 2 is 1.70 bits per heavy atom. The van der Waals surface area contributed by atoms with Crippen LogP contribution in [0, 0.1) is 0 Å². The molecule has 3 N–H and O–H groups in total. The summed E-state index contributed by atoms with van der Waals surface area (Å²) in [7, 11) is 0. The molecule has 2 rings (SSSR count). The summed E-state index contributed by atoms with van der Waals surface area (Å²) in [6, 6.07) is 12.0. The summed E-state index contributed by atoms with van der Waals surface area (Å²) in [4.78, 5) is 0. The van der Waals surface area contributed by atoms with Crippen molar-refractivity contribution in [3.05, 3.63) is 69.7 Å². The van der Waals surface area contributed by atoms with Gasteiger partial charge in [-0.15, -0.1) is 0 Å². The summed E-state index contributed by atoms with van der Waals surface area (Å²) in [5.74, 6) is 5.51. The molecule has 1 unspecified atom stereocenters. The van der Waals surface area contributed by atoms with Crippen LogP contribution in [0.2, 0.25) is 0 Å². The third-order valence-corrected chi connectivity index (χ3v) is 3.66. The third kappa shape index (κ3) is 3.20. The highest BCUT2D eigenvalue weighted by Crippen LogP contribution is 2.35. The first-order valence-electron chi connectivity index (χ1n) is 5.81. The molecule has 0 amide bonds. The first kappa shape index (κ1) is 15.0. The predicted molar refractivity (Wildman–Crippen MR) is 74.8 cm³/mol. The second-order valence-electron chi connectivity index (χ2n) is 4.24. The van der Waals surface area contributed by atoms with Gasteiger partial charge in [0.15, 0.2) is 0 Å². The van der Waals surface area contributed by atoms with Gasteiger partial charge in [-0.25, -0.2) is 5.43 Å². The normalized spacial score (nSPS) is 13.2. The molecule has 0 fully saturated rings. The summed E-state index contributed by atoms with van der Waals surface area (Å²) < 4.78 is 39.0. The van der Waals surface area contributed by atoms with Crippen LogP contribution in [0.4, 0.5) is 13.2 Å². The molecule has 0 aliphatic heterocycles. The van der Waals surface area contributed by atoms with Crippen LogP contribution in [0.15, 0.2) is 53.0 Å². The minimum atomic E-state index is -4.38. The number of nitrogens with two attached hydrogens (primary N) is 1. The van der Waals surface area contributed by atoms with Crippen LogP contribution < -0.4 is 11.3 Å². The fourth-order valence-corrected chi connectivity index (χ4v) is 2.43. The topological polar surface area (TPSA) is 38.0 Å². The van der Waals surface area contributed by atoms with E-state index in [0.717, 1.165) is 17.7 Å². The molecule has 2 aromatic carbocycles. The van der Waals surface area contributed by atoms with E-state index < -0.39 is 17.8 Å². The number of hydrazine groups is 1. The maximum absolute atomic E-state index is 12.8. The SMILES string of the molecule is NNC(c1ccccc1)c1cc(C(F)(F)F)ccc1Br. The van der Waals surface area contributed by atoms with Gasteiger partial charge in [0.2, 0.25) is 0 Å². The fourth-order valence-electron chi connectivity index (χ4n) is 1.95. The van der Waals surface area contributed by atoms with Crippen LogP contribution in [0.5, 0.6) is 0 Å². The lowest BCUT2D eigenvalue weighted by atomic mass is 9.97. The summed E-state index contributed by atoms with van der Waals surface area (Å²) in [6.07, 6.45) is -4.38. The number of rotatable bonds is 3. The molecule has 2 aromatic rings. The van der Waals surface area contributed by atoms with E-state index in [2.05, 4.69) is 21.4 Å². The fraction of sp³-hybridized carbons (Fsp3) is 0.143. The maximum atomic E-state index is 12.8. The first-order valence-corrected chi connectivity index (χ1v) is 6.60. The van der Waals surface area contributed by atoms with E-state index in [1.165, 1.54) is 6.07 Å². The van der Waals surface area contributed by atoms with Crippen LogP contribution in [-0.4, -0.2) is 0 Å². The smallest absolute Gasteiger partial charge is 0.271 e. The van der Waals surface area contributed by atoms with E-state index in [-0.39, 0.29) is 0 Å². The van der Waals surface area contributed by atoms with Crippen molar-refractivity contribution in [1.82, 2.24) is 5.43 Å². The van der Waals surface area contributed by atoms with E-state index in [1.807, 2.05) is 6.07 Å². The third-order valence-electron chi connectivity index (χ3n) is 2.93. The zero-order valence-corrected chi connectivity index (χ0v) is 11.9. The van der Waals surface area contributed by atoms with Crippen LogP contribution >= 0.6 is 15.9 Å². The van der Waals surface area contributed by atoms with Gasteiger partial charge >= 0.3 is 6.18 Å². The average Bonchev–Trinajstić information content (AvgIpc) is 2.41. The Morgan fingerprint density at radius 1 is 1.05 bits per heavy atom. The summed E-state index contributed by atoms with van der Waals surface area (Å²) in [6.45, 7) is 0. The van der Waals surface area contributed by atoms with E-state index in [9.17, 15) is 13.2 Å². The highest BCUT2D eigenvalue weighted by molar-refractivity contribution is 9.10. The van der Waals surface area contributed by atoms with Crippen molar-refractivity contribution in [2.24, 2.45) is 5.84 Å². The Hall–Kier alpha value is -1.37. The summed E-state index contributed by atoms with van der Waals surface area (Å²) in [5.41, 5.74) is 3.08. The zero-order valence-electron chi connectivity index (χ0n) is 10.3. The molecular weight excluding hydrogens is 333 g/mol. The quantitative estimate of drug-likeness (QED) is 0.651. The summed E-state index contributed by atoms with van der Waals surface area (Å²) in [5, 5.41) is 0. The molecular formula is C14H12BrF3N2. The van der Waals surface area contributed by atoms with Gasteiger partial charge in [-0.05, 0) is 29.3 Å². The number of nitrogens with one attached hydrogen (secondary N) is 1. The van der Waals surface area contributed by atoms with Crippen LogP contribution in [-0.2, 0) is 6.18 Å². The van der Waals surface area contributed by atoms with E-state index >= 15 is 0 Å². The number of hydrogen-bond donors (Lipinski definition) is 2. The Bertz CT molecular complexity index is 585. The molecule has 1 atom stereocenters. The van der Waals surface area contributed by atoms with Gasteiger partial charge in [0.05, 0.1) is 11.6 Å². The Balaban J connectivity index is 2.50. The molecule has 0 aromatic heterocycles. The highest BCUT2D eigenvalue weighted by atomic mass is 79.9. The molecule has 6 heteroatoms. The standard InChI is InChI=1S/C14H12BrF3N2/c15-12-7-6-10(14(16,17)18)8-11(12)13(20-19)9-4-2-1-3-5-9/h1-8,13,20H,19H2. The number of benzene rings is 2. The van der Waals surface area contributed by atoms with Gasteiger partial charge in [0.25, 0.3) is 0 Å². The lowest BCUT2D eigenvalue weighted by molar-refractivity contribution is -0.137. The van der Waals surface area contributed by atoms with Crippen molar-refractivity contribution in [3.63, 3.8) is 0 Å². The largest absolute Gasteiger partial charge is 0.416 e. The lowest BCUT2D eigenvalue weighted by Gasteiger charge is -2.20.